The smallest absolute Gasteiger partial charge is 0.350 e. The zero-order chi connectivity index (χ0) is 9.14. The van der Waals surface area contributed by atoms with Crippen LogP contribution < -0.4 is 0 Å². The first-order valence-electron chi connectivity index (χ1n) is 3.08. The van der Waals surface area contributed by atoms with Crippen LogP contribution in [0.2, 0.25) is 0 Å². The van der Waals surface area contributed by atoms with E-state index < -0.39 is 4.92 Å². The number of allylic oxidation sites excluding steroid dienone is 1. The van der Waals surface area contributed by atoms with Crippen LogP contribution >= 0.6 is 15.9 Å². The Bertz CT molecular complexity index is 320. The average molecular weight is 232 g/mol. The number of nitrogens with one attached hydrogen (secondary N) is 1. The minimum Gasteiger partial charge on any atom is -0.358 e. The van der Waals surface area contributed by atoms with Gasteiger partial charge in [0.05, 0.1) is 11.8 Å². The molecule has 0 saturated carbocycles. The third-order valence-corrected chi connectivity index (χ3v) is 2.02. The highest BCUT2D eigenvalue weighted by atomic mass is 79.9. The Morgan fingerprint density at radius 3 is 3.08 bits per heavy atom. The maximum atomic E-state index is 10.4. The van der Waals surface area contributed by atoms with Crippen molar-refractivity contribution in [1.29, 1.82) is 0 Å². The molecule has 64 valence electrons. The first-order valence-corrected chi connectivity index (χ1v) is 4.21. The first-order chi connectivity index (χ1) is 5.66. The van der Waals surface area contributed by atoms with Crippen molar-refractivity contribution in [3.63, 3.8) is 0 Å². The zero-order valence-corrected chi connectivity index (χ0v) is 7.67. The molecule has 1 heterocycles. The summed E-state index contributed by atoms with van der Waals surface area (Å²) in [6.45, 7) is 3.65. The van der Waals surface area contributed by atoms with Crippen molar-refractivity contribution in [2.75, 3.05) is 5.33 Å². The summed E-state index contributed by atoms with van der Waals surface area (Å²) in [6.07, 6.45) is 1.39. The second kappa shape index (κ2) is 3.48. The fourth-order valence-electron chi connectivity index (χ4n) is 0.749. The van der Waals surface area contributed by atoms with Crippen molar-refractivity contribution in [2.24, 2.45) is 0 Å². The third kappa shape index (κ3) is 1.53. The maximum absolute atomic E-state index is 10.4. The van der Waals surface area contributed by atoms with Crippen LogP contribution in [0.15, 0.2) is 12.8 Å². The second-order valence-electron chi connectivity index (χ2n) is 2.13. The molecule has 5 nitrogen and oxygen atoms in total. The molecule has 0 radical (unpaired) electrons. The van der Waals surface area contributed by atoms with Gasteiger partial charge in [0.1, 0.15) is 0 Å². The summed E-state index contributed by atoms with van der Waals surface area (Å²) >= 11 is 3.16. The molecule has 0 aromatic carbocycles. The first kappa shape index (κ1) is 8.92. The summed E-state index contributed by atoms with van der Waals surface area (Å²) in [6, 6.07) is 0. The summed E-state index contributed by atoms with van der Waals surface area (Å²) in [4.78, 5) is 9.86. The highest BCUT2D eigenvalue weighted by Gasteiger charge is 2.16. The van der Waals surface area contributed by atoms with E-state index >= 15 is 0 Å². The van der Waals surface area contributed by atoms with E-state index in [4.69, 9.17) is 0 Å². The predicted octanol–water partition coefficient (Wildman–Crippen LogP) is 1.73. The number of aromatic nitrogens is 2. The van der Waals surface area contributed by atoms with Crippen LogP contribution in [0.3, 0.4) is 0 Å². The molecule has 0 amide bonds. The average Bonchev–Trinajstić information content (AvgIpc) is 2.50. The highest BCUT2D eigenvalue weighted by molar-refractivity contribution is 9.09. The van der Waals surface area contributed by atoms with Crippen LogP contribution in [0.25, 0.3) is 5.57 Å². The summed E-state index contributed by atoms with van der Waals surface area (Å²) < 4.78 is 0. The molecule has 1 aromatic rings. The molecule has 0 fully saturated rings. The van der Waals surface area contributed by atoms with Gasteiger partial charge in [0.25, 0.3) is 0 Å². The molecule has 0 aliphatic heterocycles. The SMILES string of the molecule is C=C(CBr)c1cn[nH]c1[N+](=O)[O-]. The fraction of sp³-hybridized carbons (Fsp3) is 0.167. The van der Waals surface area contributed by atoms with Crippen molar-refractivity contribution in [3.05, 3.63) is 28.5 Å². The second-order valence-corrected chi connectivity index (χ2v) is 2.69. The number of halogens is 1. The molecule has 0 aliphatic rings. The molecule has 0 atom stereocenters. The van der Waals surface area contributed by atoms with Crippen LogP contribution in [0, 0.1) is 10.1 Å². The number of hydrogen-bond acceptors (Lipinski definition) is 3. The Kier molecular flexibility index (Phi) is 2.59. The van der Waals surface area contributed by atoms with Gasteiger partial charge in [0.15, 0.2) is 0 Å². The van der Waals surface area contributed by atoms with E-state index in [1.54, 1.807) is 0 Å². The largest absolute Gasteiger partial charge is 0.358 e. The monoisotopic (exact) mass is 231 g/mol. The van der Waals surface area contributed by atoms with E-state index in [1.807, 2.05) is 0 Å². The van der Waals surface area contributed by atoms with E-state index in [0.717, 1.165) is 0 Å². The number of H-pyrrole nitrogens is 1. The molecule has 0 spiro atoms. The van der Waals surface area contributed by atoms with Crippen molar-refractivity contribution in [1.82, 2.24) is 10.2 Å². The Balaban J connectivity index is 3.07. The molecule has 1 rings (SSSR count). The molecule has 0 unspecified atom stereocenters. The molecular weight excluding hydrogens is 226 g/mol. The lowest BCUT2D eigenvalue weighted by Gasteiger charge is -1.96. The molecule has 6 heteroatoms. The Labute approximate surface area is 76.8 Å². The predicted molar refractivity (Wildman–Crippen MR) is 48.1 cm³/mol. The van der Waals surface area contributed by atoms with E-state index in [0.29, 0.717) is 16.5 Å². The van der Waals surface area contributed by atoms with E-state index in [9.17, 15) is 10.1 Å². The van der Waals surface area contributed by atoms with Gasteiger partial charge in [-0.15, -0.1) is 5.10 Å². The minimum absolute atomic E-state index is 0.112. The van der Waals surface area contributed by atoms with Gasteiger partial charge in [-0.3, -0.25) is 0 Å². The summed E-state index contributed by atoms with van der Waals surface area (Å²) in [5, 5.41) is 16.7. The van der Waals surface area contributed by atoms with Gasteiger partial charge in [-0.25, -0.2) is 0 Å². The van der Waals surface area contributed by atoms with Gasteiger partial charge in [0, 0.05) is 5.33 Å². The number of nitro groups is 1. The van der Waals surface area contributed by atoms with Crippen molar-refractivity contribution in [2.45, 2.75) is 0 Å². The van der Waals surface area contributed by atoms with Gasteiger partial charge < -0.3 is 10.1 Å². The highest BCUT2D eigenvalue weighted by Crippen LogP contribution is 2.22. The Morgan fingerprint density at radius 2 is 2.58 bits per heavy atom. The molecule has 0 saturated heterocycles. The van der Waals surface area contributed by atoms with Gasteiger partial charge >= 0.3 is 5.82 Å². The Morgan fingerprint density at radius 1 is 1.92 bits per heavy atom. The van der Waals surface area contributed by atoms with Crippen molar-refractivity contribution >= 4 is 27.3 Å². The van der Waals surface area contributed by atoms with Crippen LogP contribution in [-0.4, -0.2) is 20.5 Å². The summed E-state index contributed by atoms with van der Waals surface area (Å²) in [5.41, 5.74) is 1.08. The van der Waals surface area contributed by atoms with Crippen LogP contribution in [0.5, 0.6) is 0 Å². The third-order valence-electron chi connectivity index (χ3n) is 1.34. The molecule has 0 bridgehead atoms. The van der Waals surface area contributed by atoms with Crippen molar-refractivity contribution in [3.8, 4) is 0 Å². The fourth-order valence-corrected chi connectivity index (χ4v) is 1.05. The lowest BCUT2D eigenvalue weighted by Crippen LogP contribution is -1.92. The molecule has 1 N–H and O–H groups in total. The van der Waals surface area contributed by atoms with Crippen molar-refractivity contribution < 1.29 is 4.92 Å². The maximum Gasteiger partial charge on any atom is 0.350 e. The number of aromatic amines is 1. The summed E-state index contributed by atoms with van der Waals surface area (Å²) in [5.74, 6) is -0.112. The standard InChI is InChI=1S/C6H6BrN3O2/c1-4(2-7)5-3-8-9-6(5)10(11)12/h3H,1-2H2,(H,8,9). The van der Waals surface area contributed by atoms with Crippen LogP contribution in [-0.2, 0) is 0 Å². The zero-order valence-electron chi connectivity index (χ0n) is 6.08. The van der Waals surface area contributed by atoms with E-state index in [2.05, 4.69) is 32.7 Å². The number of nitrogens with zero attached hydrogens (tertiary/aromatic N) is 2. The number of alkyl halides is 1. The van der Waals surface area contributed by atoms with Gasteiger partial charge in [0.2, 0.25) is 0 Å². The quantitative estimate of drug-likeness (QED) is 0.490. The van der Waals surface area contributed by atoms with Crippen LogP contribution in [0.1, 0.15) is 5.56 Å². The van der Waals surface area contributed by atoms with Gasteiger partial charge in [-0.1, -0.05) is 27.6 Å². The molecule has 1 aromatic heterocycles. The topological polar surface area (TPSA) is 71.8 Å². The normalized spacial score (nSPS) is 9.75. The van der Waals surface area contributed by atoms with Gasteiger partial charge in [-0.05, 0) is 10.5 Å². The summed E-state index contributed by atoms with van der Waals surface area (Å²) in [7, 11) is 0. The molecule has 12 heavy (non-hydrogen) atoms. The Hall–Kier alpha value is -1.17. The molecular formula is C6H6BrN3O2. The lowest BCUT2D eigenvalue weighted by atomic mass is 10.2. The molecule has 0 aliphatic carbocycles. The van der Waals surface area contributed by atoms with Gasteiger partial charge in [-0.2, -0.15) is 0 Å². The number of rotatable bonds is 3. The lowest BCUT2D eigenvalue weighted by molar-refractivity contribution is -0.389. The van der Waals surface area contributed by atoms with E-state index in [-0.39, 0.29) is 5.82 Å². The minimum atomic E-state index is -0.518. The number of hydrogen-bond donors (Lipinski definition) is 1. The van der Waals surface area contributed by atoms with E-state index in [1.165, 1.54) is 6.20 Å². The van der Waals surface area contributed by atoms with Crippen LogP contribution in [0.4, 0.5) is 5.82 Å².